The first-order valence-corrected chi connectivity index (χ1v) is 10.4. The van der Waals surface area contributed by atoms with Crippen LogP contribution in [0.1, 0.15) is 5.56 Å². The van der Waals surface area contributed by atoms with E-state index in [1.54, 1.807) is 6.07 Å². The van der Waals surface area contributed by atoms with Crippen molar-refractivity contribution < 1.29 is 26.7 Å². The van der Waals surface area contributed by atoms with E-state index in [0.717, 1.165) is 17.7 Å². The molecule has 0 radical (unpaired) electrons. The summed E-state index contributed by atoms with van der Waals surface area (Å²) in [6, 6.07) is 6.28. The predicted octanol–water partition coefficient (Wildman–Crippen LogP) is 2.85. The van der Waals surface area contributed by atoms with Crippen LogP contribution in [0, 0.1) is 11.6 Å². The molecule has 4 rings (SSSR count). The molecule has 0 spiro atoms. The minimum absolute atomic E-state index is 0.138. The number of nitrogens with zero attached hydrogens (tertiary/aromatic N) is 2. The van der Waals surface area contributed by atoms with Gasteiger partial charge in [-0.1, -0.05) is 11.6 Å². The Labute approximate surface area is 166 Å². The van der Waals surface area contributed by atoms with Crippen LogP contribution in [0.25, 0.3) is 0 Å². The fourth-order valence-electron chi connectivity index (χ4n) is 3.28. The fraction of sp³-hybridized carbons (Fsp3) is 0.333. The summed E-state index contributed by atoms with van der Waals surface area (Å²) in [5.41, 5.74) is 0.936. The maximum atomic E-state index is 13.4. The average Bonchev–Trinajstić information content (AvgIpc) is 3.13. The van der Waals surface area contributed by atoms with Crippen molar-refractivity contribution in [3.05, 3.63) is 52.6 Å². The molecule has 0 amide bonds. The smallest absolute Gasteiger partial charge is 0.243 e. The summed E-state index contributed by atoms with van der Waals surface area (Å²) in [7, 11) is -3.87. The quantitative estimate of drug-likeness (QED) is 0.746. The zero-order valence-corrected chi connectivity index (χ0v) is 16.3. The van der Waals surface area contributed by atoms with Gasteiger partial charge in [0.15, 0.2) is 23.1 Å². The van der Waals surface area contributed by atoms with E-state index in [1.165, 1.54) is 4.31 Å². The highest BCUT2D eigenvalue weighted by Crippen LogP contribution is 2.40. The van der Waals surface area contributed by atoms with E-state index < -0.39 is 21.7 Å². The molecule has 2 aliphatic heterocycles. The minimum atomic E-state index is -3.87. The highest BCUT2D eigenvalue weighted by atomic mass is 35.5. The molecule has 0 saturated carbocycles. The molecule has 1 fully saturated rings. The molecule has 0 atom stereocenters. The number of halogens is 3. The Balaban J connectivity index is 1.42. The van der Waals surface area contributed by atoms with Gasteiger partial charge in [0.05, 0.1) is 9.92 Å². The Bertz CT molecular complexity index is 1010. The molecular weight excluding hydrogens is 414 g/mol. The van der Waals surface area contributed by atoms with Crippen LogP contribution in [-0.2, 0) is 16.6 Å². The SMILES string of the molecule is O=S(=O)(c1ccc(F)c(F)c1)N1CCN(Cc2cc(Cl)c3c(c2)OCO3)CC1. The van der Waals surface area contributed by atoms with Crippen molar-refractivity contribution in [2.45, 2.75) is 11.4 Å². The van der Waals surface area contributed by atoms with Crippen LogP contribution in [0.15, 0.2) is 35.2 Å². The van der Waals surface area contributed by atoms with Crippen molar-refractivity contribution in [1.82, 2.24) is 9.21 Å². The van der Waals surface area contributed by atoms with Crippen LogP contribution in [-0.4, -0.2) is 50.6 Å². The summed E-state index contributed by atoms with van der Waals surface area (Å²) in [6.07, 6.45) is 0. The van der Waals surface area contributed by atoms with Crippen LogP contribution >= 0.6 is 11.6 Å². The van der Waals surface area contributed by atoms with Gasteiger partial charge in [-0.15, -0.1) is 0 Å². The second kappa shape index (κ2) is 7.47. The van der Waals surface area contributed by atoms with Gasteiger partial charge >= 0.3 is 0 Å². The molecule has 2 heterocycles. The molecule has 0 bridgehead atoms. The molecule has 2 aromatic rings. The molecular formula is C18H17ClF2N2O4S. The zero-order chi connectivity index (χ0) is 19.9. The molecule has 10 heteroatoms. The van der Waals surface area contributed by atoms with Gasteiger partial charge in [-0.2, -0.15) is 4.31 Å². The van der Waals surface area contributed by atoms with E-state index >= 15 is 0 Å². The van der Waals surface area contributed by atoms with Gasteiger partial charge in [0.2, 0.25) is 16.8 Å². The van der Waals surface area contributed by atoms with Crippen LogP contribution in [0.2, 0.25) is 5.02 Å². The predicted molar refractivity (Wildman–Crippen MR) is 98.0 cm³/mol. The van der Waals surface area contributed by atoms with Crippen LogP contribution < -0.4 is 9.47 Å². The van der Waals surface area contributed by atoms with Crippen molar-refractivity contribution in [3.63, 3.8) is 0 Å². The molecule has 28 heavy (non-hydrogen) atoms. The molecule has 150 valence electrons. The summed E-state index contributed by atoms with van der Waals surface area (Å²) in [4.78, 5) is 1.84. The highest BCUT2D eigenvalue weighted by Gasteiger charge is 2.29. The van der Waals surface area contributed by atoms with Crippen molar-refractivity contribution in [2.75, 3.05) is 33.0 Å². The van der Waals surface area contributed by atoms with Crippen LogP contribution in [0.4, 0.5) is 8.78 Å². The largest absolute Gasteiger partial charge is 0.454 e. The molecule has 2 aliphatic rings. The van der Waals surface area contributed by atoms with Crippen LogP contribution in [0.5, 0.6) is 11.5 Å². The first-order valence-electron chi connectivity index (χ1n) is 8.60. The number of piperazine rings is 1. The highest BCUT2D eigenvalue weighted by molar-refractivity contribution is 7.89. The molecule has 0 aromatic heterocycles. The van der Waals surface area contributed by atoms with Crippen molar-refractivity contribution in [2.24, 2.45) is 0 Å². The summed E-state index contributed by atoms with van der Waals surface area (Å²) in [6.45, 7) is 2.21. The van der Waals surface area contributed by atoms with Crippen molar-refractivity contribution >= 4 is 21.6 Å². The second-order valence-corrected chi connectivity index (χ2v) is 8.91. The number of sulfonamides is 1. The number of fused-ring (bicyclic) bond motifs is 1. The van der Waals surface area contributed by atoms with E-state index in [2.05, 4.69) is 4.90 Å². The third-order valence-corrected chi connectivity index (χ3v) is 6.93. The van der Waals surface area contributed by atoms with E-state index in [4.69, 9.17) is 21.1 Å². The van der Waals surface area contributed by atoms with Gasteiger partial charge in [0, 0.05) is 32.7 Å². The van der Waals surface area contributed by atoms with E-state index in [1.807, 2.05) is 6.07 Å². The van der Waals surface area contributed by atoms with Gasteiger partial charge in [-0.3, -0.25) is 4.90 Å². The van der Waals surface area contributed by atoms with Crippen molar-refractivity contribution in [1.29, 1.82) is 0 Å². The van der Waals surface area contributed by atoms with Gasteiger partial charge in [0.25, 0.3) is 0 Å². The molecule has 1 saturated heterocycles. The minimum Gasteiger partial charge on any atom is -0.454 e. The summed E-state index contributed by atoms with van der Waals surface area (Å²) < 4.78 is 63.8. The van der Waals surface area contributed by atoms with Crippen LogP contribution in [0.3, 0.4) is 0 Å². The van der Waals surface area contributed by atoms with Crippen molar-refractivity contribution in [3.8, 4) is 11.5 Å². The molecule has 0 unspecified atom stereocenters. The number of hydrogen-bond donors (Lipinski definition) is 0. The summed E-state index contributed by atoms with van der Waals surface area (Å²) in [5.74, 6) is -1.12. The lowest BCUT2D eigenvalue weighted by molar-refractivity contribution is 0.173. The average molecular weight is 431 g/mol. The number of ether oxygens (including phenoxy) is 2. The Morgan fingerprint density at radius 3 is 2.46 bits per heavy atom. The standard InChI is InChI=1S/C18H17ClF2N2O4S/c19-14-7-12(8-17-18(14)27-11-26-17)10-22-3-5-23(6-4-22)28(24,25)13-1-2-15(20)16(21)9-13/h1-2,7-9H,3-6,10-11H2. The Hall–Kier alpha value is -1.94. The number of benzene rings is 2. The third-order valence-electron chi connectivity index (χ3n) is 4.75. The monoisotopic (exact) mass is 430 g/mol. The van der Waals surface area contributed by atoms with E-state index in [-0.39, 0.29) is 24.8 Å². The van der Waals surface area contributed by atoms with E-state index in [9.17, 15) is 17.2 Å². The number of rotatable bonds is 4. The van der Waals surface area contributed by atoms with Gasteiger partial charge in [-0.25, -0.2) is 17.2 Å². The summed E-state index contributed by atoms with van der Waals surface area (Å²) >= 11 is 6.20. The number of hydrogen-bond acceptors (Lipinski definition) is 5. The Kier molecular flexibility index (Phi) is 5.17. The second-order valence-electron chi connectivity index (χ2n) is 6.57. The molecule has 0 N–H and O–H groups in total. The maximum absolute atomic E-state index is 13.4. The topological polar surface area (TPSA) is 59.1 Å². The molecule has 2 aromatic carbocycles. The molecule has 0 aliphatic carbocycles. The summed E-state index contributed by atoms with van der Waals surface area (Å²) in [5, 5.41) is 0.476. The lowest BCUT2D eigenvalue weighted by atomic mass is 10.1. The first kappa shape index (κ1) is 19.4. The fourth-order valence-corrected chi connectivity index (χ4v) is 5.01. The Morgan fingerprint density at radius 1 is 1.00 bits per heavy atom. The Morgan fingerprint density at radius 2 is 1.75 bits per heavy atom. The van der Waals surface area contributed by atoms with Gasteiger partial charge in [-0.05, 0) is 35.9 Å². The first-order chi connectivity index (χ1) is 13.3. The third kappa shape index (κ3) is 3.67. The lowest BCUT2D eigenvalue weighted by Crippen LogP contribution is -2.48. The van der Waals surface area contributed by atoms with Gasteiger partial charge < -0.3 is 9.47 Å². The zero-order valence-electron chi connectivity index (χ0n) is 14.7. The maximum Gasteiger partial charge on any atom is 0.243 e. The van der Waals surface area contributed by atoms with E-state index in [0.29, 0.717) is 42.2 Å². The molecule has 6 nitrogen and oxygen atoms in total. The normalized spacial score (nSPS) is 17.8. The van der Waals surface area contributed by atoms with Gasteiger partial charge in [0.1, 0.15) is 0 Å². The lowest BCUT2D eigenvalue weighted by Gasteiger charge is -2.34.